The molecule has 5 rings (SSSR count). The molecule has 1 N–H and O–H groups in total. The molecular formula is C21H25NO6. The third kappa shape index (κ3) is 1.91. The number of carbonyl (C=O) groups excluding carboxylic acids is 2. The number of likely N-dealkylation sites (N-methyl/N-ethyl adjacent to an activating group) is 1. The summed E-state index contributed by atoms with van der Waals surface area (Å²) in [4.78, 5) is 27.8. The molecule has 150 valence electrons. The first-order valence-corrected chi connectivity index (χ1v) is 9.86. The van der Waals surface area contributed by atoms with Crippen LogP contribution in [0, 0.1) is 0 Å². The Morgan fingerprint density at radius 1 is 1.39 bits per heavy atom. The van der Waals surface area contributed by atoms with E-state index < -0.39 is 29.2 Å². The van der Waals surface area contributed by atoms with Crippen molar-refractivity contribution in [2.75, 3.05) is 20.7 Å². The van der Waals surface area contributed by atoms with E-state index >= 15 is 0 Å². The lowest BCUT2D eigenvalue weighted by Gasteiger charge is -2.63. The van der Waals surface area contributed by atoms with E-state index in [0.29, 0.717) is 30.8 Å². The molecule has 0 radical (unpaired) electrons. The molecular weight excluding hydrogens is 362 g/mol. The van der Waals surface area contributed by atoms with Gasteiger partial charge in [-0.1, -0.05) is 6.07 Å². The summed E-state index contributed by atoms with van der Waals surface area (Å²) in [6.45, 7) is 2.19. The Balaban J connectivity index is 1.80. The number of rotatable bonds is 3. The number of ether oxygens (including phenoxy) is 3. The molecule has 1 aromatic carbocycles. The van der Waals surface area contributed by atoms with Crippen molar-refractivity contribution in [1.29, 1.82) is 0 Å². The van der Waals surface area contributed by atoms with Crippen molar-refractivity contribution in [3.63, 3.8) is 0 Å². The van der Waals surface area contributed by atoms with Crippen molar-refractivity contribution in [2.45, 2.75) is 61.9 Å². The second-order valence-corrected chi connectivity index (χ2v) is 8.50. The van der Waals surface area contributed by atoms with E-state index in [1.165, 1.54) is 6.92 Å². The minimum Gasteiger partial charge on any atom is -0.493 e. The summed E-state index contributed by atoms with van der Waals surface area (Å²) in [6.07, 6.45) is 0.162. The van der Waals surface area contributed by atoms with E-state index in [9.17, 15) is 14.7 Å². The van der Waals surface area contributed by atoms with Gasteiger partial charge in [-0.15, -0.1) is 0 Å². The summed E-state index contributed by atoms with van der Waals surface area (Å²) in [5.74, 6) is 0.606. The van der Waals surface area contributed by atoms with Crippen molar-refractivity contribution in [1.82, 2.24) is 4.90 Å². The lowest BCUT2D eigenvalue weighted by Crippen LogP contribution is -2.77. The third-order valence-corrected chi connectivity index (χ3v) is 7.31. The maximum absolute atomic E-state index is 13.0. The second kappa shape index (κ2) is 5.70. The zero-order valence-electron chi connectivity index (χ0n) is 16.4. The van der Waals surface area contributed by atoms with E-state index in [-0.39, 0.29) is 18.2 Å². The Kier molecular flexibility index (Phi) is 3.65. The van der Waals surface area contributed by atoms with Gasteiger partial charge < -0.3 is 19.3 Å². The summed E-state index contributed by atoms with van der Waals surface area (Å²) in [5.41, 5.74) is 0.444. The van der Waals surface area contributed by atoms with Crippen LogP contribution in [0.25, 0.3) is 0 Å². The number of Topliss-reactive ketones (excluding diaryl/α,β-unsaturated/α-hetero) is 1. The van der Waals surface area contributed by atoms with Gasteiger partial charge in [-0.3, -0.25) is 9.69 Å². The van der Waals surface area contributed by atoms with Crippen LogP contribution in [0.15, 0.2) is 12.1 Å². The van der Waals surface area contributed by atoms with Crippen LogP contribution in [0.5, 0.6) is 11.5 Å². The largest absolute Gasteiger partial charge is 0.493 e. The molecule has 7 nitrogen and oxygen atoms in total. The maximum atomic E-state index is 13.0. The third-order valence-electron chi connectivity index (χ3n) is 7.31. The zero-order chi connectivity index (χ0) is 19.8. The van der Waals surface area contributed by atoms with Crippen LogP contribution in [0.3, 0.4) is 0 Å². The van der Waals surface area contributed by atoms with Crippen LogP contribution < -0.4 is 9.47 Å². The highest BCUT2D eigenvalue weighted by molar-refractivity contribution is 5.90. The smallest absolute Gasteiger partial charge is 0.335 e. The van der Waals surface area contributed by atoms with Gasteiger partial charge in [0, 0.05) is 12.0 Å². The normalized spacial score (nSPS) is 36.4. The summed E-state index contributed by atoms with van der Waals surface area (Å²) in [7, 11) is 3.62. The number of nitrogens with zero attached hydrogens (tertiary/aromatic N) is 1. The van der Waals surface area contributed by atoms with Gasteiger partial charge in [-0.25, -0.2) is 4.79 Å². The second-order valence-electron chi connectivity index (χ2n) is 8.50. The number of esters is 1. The van der Waals surface area contributed by atoms with Gasteiger partial charge in [0.15, 0.2) is 23.4 Å². The Labute approximate surface area is 163 Å². The minimum absolute atomic E-state index is 0.0399. The van der Waals surface area contributed by atoms with Crippen molar-refractivity contribution >= 4 is 11.8 Å². The van der Waals surface area contributed by atoms with E-state index in [4.69, 9.17) is 14.2 Å². The molecule has 28 heavy (non-hydrogen) atoms. The number of piperidine rings is 1. The number of hydrogen-bond donors (Lipinski definition) is 1. The van der Waals surface area contributed by atoms with Crippen LogP contribution in [0.2, 0.25) is 0 Å². The SMILES string of the molecule is COc1ccc2c3c1O[C@H]1C(=O)CC[C@@]4(OC(=O)C(C)O)[C@@H](C2)N(C)CC[C@]314. The highest BCUT2D eigenvalue weighted by Gasteiger charge is 2.75. The van der Waals surface area contributed by atoms with Gasteiger partial charge in [0.25, 0.3) is 0 Å². The van der Waals surface area contributed by atoms with Gasteiger partial charge in [-0.2, -0.15) is 0 Å². The average molecular weight is 387 g/mol. The molecule has 5 atom stereocenters. The first-order valence-electron chi connectivity index (χ1n) is 9.86. The van der Waals surface area contributed by atoms with Gasteiger partial charge in [0.2, 0.25) is 0 Å². The molecule has 2 bridgehead atoms. The number of aliphatic hydroxyl groups excluding tert-OH is 1. The molecule has 1 saturated heterocycles. The number of ketones is 1. The highest BCUT2D eigenvalue weighted by Crippen LogP contribution is 2.65. The molecule has 1 aromatic rings. The molecule has 1 saturated carbocycles. The van der Waals surface area contributed by atoms with Crippen LogP contribution in [-0.4, -0.2) is 66.3 Å². The number of hydrogen-bond acceptors (Lipinski definition) is 7. The van der Waals surface area contributed by atoms with Crippen LogP contribution >= 0.6 is 0 Å². The van der Waals surface area contributed by atoms with Gasteiger partial charge in [-0.05, 0) is 51.4 Å². The lowest BCUT2D eigenvalue weighted by molar-refractivity contribution is -0.218. The van der Waals surface area contributed by atoms with Crippen molar-refractivity contribution < 1.29 is 28.9 Å². The van der Waals surface area contributed by atoms with Gasteiger partial charge >= 0.3 is 5.97 Å². The molecule has 7 heteroatoms. The summed E-state index contributed by atoms with van der Waals surface area (Å²) in [6, 6.07) is 3.85. The first-order chi connectivity index (χ1) is 13.4. The van der Waals surface area contributed by atoms with Gasteiger partial charge in [0.05, 0.1) is 18.6 Å². The van der Waals surface area contributed by atoms with E-state index in [2.05, 4.69) is 4.90 Å². The number of methoxy groups -OCH3 is 1. The summed E-state index contributed by atoms with van der Waals surface area (Å²) >= 11 is 0. The fraction of sp³-hybridized carbons (Fsp3) is 0.619. The van der Waals surface area contributed by atoms with Crippen LogP contribution in [0.4, 0.5) is 0 Å². The summed E-state index contributed by atoms with van der Waals surface area (Å²) < 4.78 is 17.9. The molecule has 2 aliphatic heterocycles. The van der Waals surface area contributed by atoms with Crippen molar-refractivity contribution in [3.8, 4) is 11.5 Å². The Morgan fingerprint density at radius 3 is 2.89 bits per heavy atom. The van der Waals surface area contributed by atoms with Crippen LogP contribution in [0.1, 0.15) is 37.3 Å². The summed E-state index contributed by atoms with van der Waals surface area (Å²) in [5, 5.41) is 9.87. The predicted octanol–water partition coefficient (Wildman–Crippen LogP) is 0.980. The molecule has 1 unspecified atom stereocenters. The number of aliphatic hydroxyl groups is 1. The van der Waals surface area contributed by atoms with E-state index in [0.717, 1.165) is 17.7 Å². The Morgan fingerprint density at radius 2 is 2.18 bits per heavy atom. The molecule has 2 aliphatic carbocycles. The van der Waals surface area contributed by atoms with Crippen LogP contribution in [-0.2, 0) is 26.2 Å². The van der Waals surface area contributed by atoms with Gasteiger partial charge in [0.1, 0.15) is 11.7 Å². The fourth-order valence-electron chi connectivity index (χ4n) is 6.13. The number of likely N-dealkylation sites (tertiary alicyclic amines) is 1. The molecule has 2 fully saturated rings. The Hall–Kier alpha value is -2.12. The highest BCUT2D eigenvalue weighted by atomic mass is 16.6. The lowest BCUT2D eigenvalue weighted by atomic mass is 9.49. The fourth-order valence-corrected chi connectivity index (χ4v) is 6.13. The molecule has 0 amide bonds. The Bertz CT molecular complexity index is 882. The van der Waals surface area contributed by atoms with E-state index in [1.807, 2.05) is 19.2 Å². The maximum Gasteiger partial charge on any atom is 0.335 e. The number of carbonyl (C=O) groups is 2. The van der Waals surface area contributed by atoms with E-state index in [1.54, 1.807) is 7.11 Å². The number of benzene rings is 1. The minimum atomic E-state index is -1.22. The molecule has 2 heterocycles. The van der Waals surface area contributed by atoms with Crippen molar-refractivity contribution in [3.05, 3.63) is 23.3 Å². The van der Waals surface area contributed by atoms with Crippen molar-refractivity contribution in [2.24, 2.45) is 0 Å². The molecule has 4 aliphatic rings. The zero-order valence-corrected chi connectivity index (χ0v) is 16.4. The topological polar surface area (TPSA) is 85.3 Å². The molecule has 1 spiro atoms. The quantitative estimate of drug-likeness (QED) is 0.774. The standard InChI is InChI=1S/C21H25NO6/c1-11(23)19(25)28-21-7-6-13(24)18-20(21)8-9-22(2)15(21)10-12-4-5-14(26-3)17(27-18)16(12)20/h4-5,11,15,18,23H,6-10H2,1-3H3/t11?,15-,18+,20+,21-/m1/s1. The first kappa shape index (κ1) is 17.9. The average Bonchev–Trinajstić information content (AvgIpc) is 3.02. The molecule has 0 aromatic heterocycles. The predicted molar refractivity (Wildman–Crippen MR) is 98.6 cm³/mol. The monoisotopic (exact) mass is 387 g/mol.